The van der Waals surface area contributed by atoms with Crippen molar-refractivity contribution in [2.45, 2.75) is 9.92 Å². The Morgan fingerprint density at radius 3 is 2.71 bits per heavy atom. The second-order valence-electron chi connectivity index (χ2n) is 3.04. The molecule has 0 spiro atoms. The van der Waals surface area contributed by atoms with E-state index in [-0.39, 0.29) is 0 Å². The van der Waals surface area contributed by atoms with Crippen LogP contribution in [0.15, 0.2) is 40.4 Å². The summed E-state index contributed by atoms with van der Waals surface area (Å²) in [4.78, 5) is 0.459. The average molecular weight is 249 g/mol. The van der Waals surface area contributed by atoms with Gasteiger partial charge < -0.3 is 0 Å². The van der Waals surface area contributed by atoms with Gasteiger partial charge in [0.2, 0.25) is 0 Å². The first-order chi connectivity index (χ1) is 8.20. The maximum absolute atomic E-state index is 13.0. The lowest BCUT2D eigenvalue weighted by Crippen LogP contribution is -1.90. The Morgan fingerprint density at radius 1 is 1.18 bits per heavy atom. The zero-order valence-corrected chi connectivity index (χ0v) is 9.21. The van der Waals surface area contributed by atoms with Crippen molar-refractivity contribution in [3.8, 4) is 6.07 Å². The molecule has 6 heteroatoms. The second-order valence-corrected chi connectivity index (χ2v) is 4.10. The van der Waals surface area contributed by atoms with Gasteiger partial charge in [-0.2, -0.15) is 10.4 Å². The second kappa shape index (κ2) is 4.89. The van der Waals surface area contributed by atoms with Crippen LogP contribution in [0.5, 0.6) is 0 Å². The highest BCUT2D eigenvalue weighted by molar-refractivity contribution is 7.99. The molecular formula is C11H5F2N3S. The van der Waals surface area contributed by atoms with E-state index in [0.717, 1.165) is 23.9 Å². The van der Waals surface area contributed by atoms with Gasteiger partial charge in [0.1, 0.15) is 11.1 Å². The van der Waals surface area contributed by atoms with Gasteiger partial charge in [0.05, 0.1) is 11.8 Å². The molecule has 0 atom stereocenters. The van der Waals surface area contributed by atoms with E-state index in [1.54, 1.807) is 0 Å². The summed E-state index contributed by atoms with van der Waals surface area (Å²) in [7, 11) is 0. The van der Waals surface area contributed by atoms with Gasteiger partial charge in [0.25, 0.3) is 0 Å². The Hall–Kier alpha value is -2.00. The molecule has 0 N–H and O–H groups in total. The Balaban J connectivity index is 2.32. The molecule has 0 aliphatic carbocycles. The molecule has 0 fully saturated rings. The number of benzene rings is 1. The number of halogens is 2. The Labute approximate surface area is 100 Å². The summed E-state index contributed by atoms with van der Waals surface area (Å²) in [5.41, 5.74) is 0.342. The van der Waals surface area contributed by atoms with E-state index < -0.39 is 11.6 Å². The standard InChI is InChI=1S/C11H5F2N3S/c12-9-2-1-8(5-10(9)13)17-11-7(6-14)3-4-15-16-11/h1-5H. The summed E-state index contributed by atoms with van der Waals surface area (Å²) in [6.07, 6.45) is 1.40. The SMILES string of the molecule is N#Cc1ccnnc1Sc1ccc(F)c(F)c1. The normalized spacial score (nSPS) is 9.94. The van der Waals surface area contributed by atoms with Crippen molar-refractivity contribution in [3.05, 3.63) is 47.7 Å². The van der Waals surface area contributed by atoms with Gasteiger partial charge in [-0.3, -0.25) is 0 Å². The minimum atomic E-state index is -0.933. The number of nitriles is 1. The van der Waals surface area contributed by atoms with Crippen LogP contribution in [0.2, 0.25) is 0 Å². The number of hydrogen-bond donors (Lipinski definition) is 0. The van der Waals surface area contributed by atoms with Gasteiger partial charge in [-0.05, 0) is 24.3 Å². The fourth-order valence-corrected chi connectivity index (χ4v) is 1.96. The van der Waals surface area contributed by atoms with Crippen LogP contribution in [0.1, 0.15) is 5.56 Å². The highest BCUT2D eigenvalue weighted by Gasteiger charge is 2.08. The zero-order valence-electron chi connectivity index (χ0n) is 8.39. The van der Waals surface area contributed by atoms with Crippen molar-refractivity contribution in [1.29, 1.82) is 5.26 Å². The molecule has 84 valence electrons. The minimum absolute atomic E-state index is 0.342. The molecular weight excluding hydrogens is 244 g/mol. The Kier molecular flexibility index (Phi) is 3.30. The third kappa shape index (κ3) is 2.57. The van der Waals surface area contributed by atoms with Crippen molar-refractivity contribution >= 4 is 11.8 Å². The molecule has 1 aromatic carbocycles. The fraction of sp³-hybridized carbons (Fsp3) is 0. The topological polar surface area (TPSA) is 49.6 Å². The zero-order chi connectivity index (χ0) is 12.3. The molecule has 0 aliphatic heterocycles. The van der Waals surface area contributed by atoms with Crippen molar-refractivity contribution < 1.29 is 8.78 Å². The molecule has 3 nitrogen and oxygen atoms in total. The summed E-state index contributed by atoms with van der Waals surface area (Å²) in [6, 6.07) is 6.95. The molecule has 1 aromatic heterocycles. The van der Waals surface area contributed by atoms with Crippen LogP contribution >= 0.6 is 11.8 Å². The largest absolute Gasteiger partial charge is 0.204 e. The number of rotatable bonds is 2. The van der Waals surface area contributed by atoms with Crippen molar-refractivity contribution in [1.82, 2.24) is 10.2 Å². The summed E-state index contributed by atoms with van der Waals surface area (Å²) in [5.74, 6) is -1.84. The highest BCUT2D eigenvalue weighted by atomic mass is 32.2. The fourth-order valence-electron chi connectivity index (χ4n) is 1.13. The van der Waals surface area contributed by atoms with Crippen molar-refractivity contribution in [3.63, 3.8) is 0 Å². The molecule has 0 aliphatic rings. The number of nitrogens with zero attached hydrogens (tertiary/aromatic N) is 3. The third-order valence-electron chi connectivity index (χ3n) is 1.91. The van der Waals surface area contributed by atoms with E-state index in [2.05, 4.69) is 10.2 Å². The maximum Gasteiger partial charge on any atom is 0.159 e. The summed E-state index contributed by atoms with van der Waals surface area (Å²) in [6.45, 7) is 0. The lowest BCUT2D eigenvalue weighted by molar-refractivity contribution is 0.506. The first kappa shape index (κ1) is 11.5. The van der Waals surface area contributed by atoms with E-state index >= 15 is 0 Å². The first-order valence-corrected chi connectivity index (χ1v) is 5.37. The lowest BCUT2D eigenvalue weighted by atomic mass is 10.3. The molecule has 0 saturated carbocycles. The third-order valence-corrected chi connectivity index (χ3v) is 2.90. The Bertz CT molecular complexity index is 596. The van der Waals surface area contributed by atoms with Crippen LogP contribution in [0.3, 0.4) is 0 Å². The summed E-state index contributed by atoms with van der Waals surface area (Å²) >= 11 is 1.06. The molecule has 0 unspecified atom stereocenters. The van der Waals surface area contributed by atoms with Crippen molar-refractivity contribution in [2.75, 3.05) is 0 Å². The van der Waals surface area contributed by atoms with E-state index in [0.29, 0.717) is 15.5 Å². The molecule has 0 radical (unpaired) electrons. The van der Waals surface area contributed by atoms with E-state index in [4.69, 9.17) is 5.26 Å². The Morgan fingerprint density at radius 2 is 2.00 bits per heavy atom. The first-order valence-electron chi connectivity index (χ1n) is 4.55. The predicted molar refractivity (Wildman–Crippen MR) is 57.2 cm³/mol. The molecule has 0 amide bonds. The monoisotopic (exact) mass is 249 g/mol. The van der Waals surface area contributed by atoms with Crippen molar-refractivity contribution in [2.24, 2.45) is 0 Å². The lowest BCUT2D eigenvalue weighted by Gasteiger charge is -2.02. The smallest absolute Gasteiger partial charge is 0.159 e. The van der Waals surface area contributed by atoms with Crippen LogP contribution in [-0.4, -0.2) is 10.2 Å². The average Bonchev–Trinajstić information content (AvgIpc) is 2.34. The van der Waals surface area contributed by atoms with Gasteiger partial charge in [0.15, 0.2) is 11.6 Å². The van der Waals surface area contributed by atoms with Gasteiger partial charge in [-0.25, -0.2) is 8.78 Å². The molecule has 17 heavy (non-hydrogen) atoms. The van der Waals surface area contributed by atoms with Crippen LogP contribution in [0.4, 0.5) is 8.78 Å². The van der Waals surface area contributed by atoms with Gasteiger partial charge in [-0.15, -0.1) is 5.10 Å². The van der Waals surface area contributed by atoms with Gasteiger partial charge in [0, 0.05) is 4.90 Å². The summed E-state index contributed by atoms with van der Waals surface area (Å²) < 4.78 is 25.7. The van der Waals surface area contributed by atoms with Crippen LogP contribution in [0.25, 0.3) is 0 Å². The molecule has 0 bridgehead atoms. The van der Waals surface area contributed by atoms with Gasteiger partial charge in [-0.1, -0.05) is 11.8 Å². The molecule has 0 saturated heterocycles. The molecule has 2 aromatic rings. The molecule has 2 rings (SSSR count). The van der Waals surface area contributed by atoms with Crippen LogP contribution < -0.4 is 0 Å². The van der Waals surface area contributed by atoms with Crippen LogP contribution in [0, 0.1) is 23.0 Å². The van der Waals surface area contributed by atoms with E-state index in [9.17, 15) is 8.78 Å². The summed E-state index contributed by atoms with van der Waals surface area (Å²) in [5, 5.41) is 16.6. The van der Waals surface area contributed by atoms with E-state index in [1.165, 1.54) is 18.3 Å². The number of hydrogen-bond acceptors (Lipinski definition) is 4. The van der Waals surface area contributed by atoms with Gasteiger partial charge >= 0.3 is 0 Å². The number of aromatic nitrogens is 2. The molecule has 1 heterocycles. The van der Waals surface area contributed by atoms with Crippen LogP contribution in [-0.2, 0) is 0 Å². The minimum Gasteiger partial charge on any atom is -0.204 e. The quantitative estimate of drug-likeness (QED) is 0.821. The predicted octanol–water partition coefficient (Wildman–Crippen LogP) is 2.78. The maximum atomic E-state index is 13.0. The highest BCUT2D eigenvalue weighted by Crippen LogP contribution is 2.28. The van der Waals surface area contributed by atoms with E-state index in [1.807, 2.05) is 6.07 Å².